The lowest BCUT2D eigenvalue weighted by Gasteiger charge is -2.28. The Labute approximate surface area is 106 Å². The molecule has 2 N–H and O–H groups in total. The molecule has 0 amide bonds. The molecule has 16 heavy (non-hydrogen) atoms. The van der Waals surface area contributed by atoms with Gasteiger partial charge >= 0.3 is 0 Å². The van der Waals surface area contributed by atoms with Crippen molar-refractivity contribution in [3.8, 4) is 0 Å². The number of aliphatic hydroxyl groups excluding tert-OH is 1. The summed E-state index contributed by atoms with van der Waals surface area (Å²) in [5, 5.41) is 14.5. The van der Waals surface area contributed by atoms with Crippen molar-refractivity contribution in [3.05, 3.63) is 33.8 Å². The van der Waals surface area contributed by atoms with E-state index >= 15 is 0 Å². The molecule has 0 unspecified atom stereocenters. The maximum absolute atomic E-state index is 10.2. The molecule has 1 aliphatic rings. The number of benzene rings is 1. The fraction of sp³-hybridized carbons (Fsp3) is 0.500. The molecule has 1 heterocycles. The van der Waals surface area contributed by atoms with Gasteiger partial charge in [0.15, 0.2) is 0 Å². The zero-order valence-electron chi connectivity index (χ0n) is 8.92. The third-order valence-corrected chi connectivity index (χ3v) is 3.75. The number of hydrogen-bond donors (Lipinski definition) is 2. The van der Waals surface area contributed by atoms with Gasteiger partial charge in [-0.25, -0.2) is 0 Å². The van der Waals surface area contributed by atoms with Crippen molar-refractivity contribution in [2.75, 3.05) is 6.54 Å². The Hall–Kier alpha value is -0.280. The fourth-order valence-electron chi connectivity index (χ4n) is 2.08. The summed E-state index contributed by atoms with van der Waals surface area (Å²) in [5.41, 5.74) is 0.828. The molecule has 1 fully saturated rings. The van der Waals surface area contributed by atoms with Gasteiger partial charge in [0, 0.05) is 6.04 Å². The molecule has 2 rings (SSSR count). The topological polar surface area (TPSA) is 32.3 Å². The molecule has 0 bridgehead atoms. The zero-order chi connectivity index (χ0) is 11.5. The standard InChI is InChI=1S/C12H15Cl2NO/c13-9-5-4-8(7-10(9)14)12(16)11-3-1-2-6-15-11/h4-5,7,11-12,15-16H,1-3,6H2/t11-,12+/m0/s1. The number of aliphatic hydroxyl groups is 1. The molecular weight excluding hydrogens is 245 g/mol. The zero-order valence-corrected chi connectivity index (χ0v) is 10.4. The first-order valence-electron chi connectivity index (χ1n) is 5.55. The van der Waals surface area contributed by atoms with E-state index in [1.54, 1.807) is 12.1 Å². The minimum atomic E-state index is -0.505. The lowest BCUT2D eigenvalue weighted by atomic mass is 9.95. The number of piperidine rings is 1. The van der Waals surface area contributed by atoms with E-state index < -0.39 is 6.10 Å². The highest BCUT2D eigenvalue weighted by molar-refractivity contribution is 6.42. The van der Waals surface area contributed by atoms with Crippen LogP contribution in [0, 0.1) is 0 Å². The van der Waals surface area contributed by atoms with Gasteiger partial charge in [0.25, 0.3) is 0 Å². The predicted molar refractivity (Wildman–Crippen MR) is 67.1 cm³/mol. The summed E-state index contributed by atoms with van der Waals surface area (Å²) in [6.45, 7) is 0.975. The average Bonchev–Trinajstić information content (AvgIpc) is 2.33. The maximum Gasteiger partial charge on any atom is 0.0943 e. The predicted octanol–water partition coefficient (Wildman–Crippen LogP) is 3.17. The quantitative estimate of drug-likeness (QED) is 0.856. The Morgan fingerprint density at radius 3 is 2.69 bits per heavy atom. The van der Waals surface area contributed by atoms with Crippen LogP contribution in [0.4, 0.5) is 0 Å². The number of hydrogen-bond acceptors (Lipinski definition) is 2. The van der Waals surface area contributed by atoms with Gasteiger partial charge in [-0.2, -0.15) is 0 Å². The van der Waals surface area contributed by atoms with Crippen molar-refractivity contribution < 1.29 is 5.11 Å². The third kappa shape index (κ3) is 2.69. The van der Waals surface area contributed by atoms with Crippen molar-refractivity contribution in [3.63, 3.8) is 0 Å². The van der Waals surface area contributed by atoms with Crippen LogP contribution in [0.15, 0.2) is 18.2 Å². The van der Waals surface area contributed by atoms with E-state index in [0.29, 0.717) is 10.0 Å². The highest BCUT2D eigenvalue weighted by Gasteiger charge is 2.22. The van der Waals surface area contributed by atoms with E-state index in [1.165, 1.54) is 6.42 Å². The van der Waals surface area contributed by atoms with Crippen LogP contribution in [0.25, 0.3) is 0 Å². The smallest absolute Gasteiger partial charge is 0.0943 e. The minimum Gasteiger partial charge on any atom is -0.387 e. The van der Waals surface area contributed by atoms with E-state index in [-0.39, 0.29) is 6.04 Å². The van der Waals surface area contributed by atoms with Crippen molar-refractivity contribution in [2.24, 2.45) is 0 Å². The highest BCUT2D eigenvalue weighted by atomic mass is 35.5. The molecule has 0 spiro atoms. The molecule has 0 aromatic heterocycles. The third-order valence-electron chi connectivity index (χ3n) is 3.01. The van der Waals surface area contributed by atoms with Gasteiger partial charge in [-0.3, -0.25) is 0 Å². The molecule has 0 saturated carbocycles. The van der Waals surface area contributed by atoms with Gasteiger partial charge in [-0.15, -0.1) is 0 Å². The van der Waals surface area contributed by atoms with Crippen molar-refractivity contribution in [1.82, 2.24) is 5.32 Å². The molecule has 1 aromatic rings. The van der Waals surface area contributed by atoms with Crippen LogP contribution in [0.1, 0.15) is 30.9 Å². The van der Waals surface area contributed by atoms with Crippen LogP contribution in [0.5, 0.6) is 0 Å². The van der Waals surface area contributed by atoms with E-state index in [0.717, 1.165) is 24.9 Å². The SMILES string of the molecule is O[C@H](c1ccc(Cl)c(Cl)c1)[C@@H]1CCCCN1. The van der Waals surface area contributed by atoms with E-state index in [1.807, 2.05) is 6.07 Å². The summed E-state index contributed by atoms with van der Waals surface area (Å²) in [6.07, 6.45) is 2.84. The summed E-state index contributed by atoms with van der Waals surface area (Å²) in [7, 11) is 0. The van der Waals surface area contributed by atoms with Gasteiger partial charge in [-0.05, 0) is 37.1 Å². The van der Waals surface area contributed by atoms with Crippen LogP contribution in [0.2, 0.25) is 10.0 Å². The minimum absolute atomic E-state index is 0.131. The fourth-order valence-corrected chi connectivity index (χ4v) is 2.38. The molecule has 0 aliphatic carbocycles. The van der Waals surface area contributed by atoms with Crippen LogP contribution in [-0.2, 0) is 0 Å². The molecule has 1 aromatic carbocycles. The van der Waals surface area contributed by atoms with Crippen LogP contribution < -0.4 is 5.32 Å². The van der Waals surface area contributed by atoms with E-state index in [2.05, 4.69) is 5.32 Å². The van der Waals surface area contributed by atoms with Crippen molar-refractivity contribution in [2.45, 2.75) is 31.4 Å². The van der Waals surface area contributed by atoms with Gasteiger partial charge in [0.1, 0.15) is 0 Å². The lowest BCUT2D eigenvalue weighted by Crippen LogP contribution is -2.38. The Morgan fingerprint density at radius 1 is 1.25 bits per heavy atom. The Morgan fingerprint density at radius 2 is 2.06 bits per heavy atom. The highest BCUT2D eigenvalue weighted by Crippen LogP contribution is 2.28. The number of rotatable bonds is 2. The van der Waals surface area contributed by atoms with Crippen molar-refractivity contribution in [1.29, 1.82) is 0 Å². The first-order chi connectivity index (χ1) is 7.68. The van der Waals surface area contributed by atoms with Gasteiger partial charge in [0.2, 0.25) is 0 Å². The molecular formula is C12H15Cl2NO. The van der Waals surface area contributed by atoms with Crippen molar-refractivity contribution >= 4 is 23.2 Å². The molecule has 0 radical (unpaired) electrons. The Kier molecular flexibility index (Phi) is 4.09. The summed E-state index contributed by atoms with van der Waals surface area (Å²) < 4.78 is 0. The summed E-state index contributed by atoms with van der Waals surface area (Å²) >= 11 is 11.8. The first kappa shape index (κ1) is 12.2. The monoisotopic (exact) mass is 259 g/mol. The van der Waals surface area contributed by atoms with Crippen LogP contribution in [0.3, 0.4) is 0 Å². The van der Waals surface area contributed by atoms with Crippen LogP contribution >= 0.6 is 23.2 Å². The Bertz CT molecular complexity index is 364. The largest absolute Gasteiger partial charge is 0.387 e. The summed E-state index contributed by atoms with van der Waals surface area (Å²) in [6, 6.07) is 5.43. The molecule has 2 nitrogen and oxygen atoms in total. The average molecular weight is 260 g/mol. The number of nitrogens with one attached hydrogen (secondary N) is 1. The second-order valence-electron chi connectivity index (χ2n) is 4.17. The second kappa shape index (κ2) is 5.37. The Balaban J connectivity index is 2.12. The maximum atomic E-state index is 10.2. The van der Waals surface area contributed by atoms with Gasteiger partial charge in [-0.1, -0.05) is 35.7 Å². The van der Waals surface area contributed by atoms with E-state index in [9.17, 15) is 5.11 Å². The molecule has 1 aliphatic heterocycles. The second-order valence-corrected chi connectivity index (χ2v) is 4.99. The first-order valence-corrected chi connectivity index (χ1v) is 6.30. The van der Waals surface area contributed by atoms with E-state index in [4.69, 9.17) is 23.2 Å². The molecule has 2 atom stereocenters. The van der Waals surface area contributed by atoms with Gasteiger partial charge < -0.3 is 10.4 Å². The summed E-state index contributed by atoms with van der Waals surface area (Å²) in [5.74, 6) is 0. The lowest BCUT2D eigenvalue weighted by molar-refractivity contribution is 0.114. The van der Waals surface area contributed by atoms with Crippen LogP contribution in [-0.4, -0.2) is 17.7 Å². The molecule has 1 saturated heterocycles. The molecule has 88 valence electrons. The molecule has 4 heteroatoms. The summed E-state index contributed by atoms with van der Waals surface area (Å²) in [4.78, 5) is 0. The van der Waals surface area contributed by atoms with Gasteiger partial charge in [0.05, 0.1) is 16.1 Å². The number of halogens is 2. The normalized spacial score (nSPS) is 23.1.